The van der Waals surface area contributed by atoms with E-state index >= 15 is 0 Å². The summed E-state index contributed by atoms with van der Waals surface area (Å²) in [6, 6.07) is 0. The van der Waals surface area contributed by atoms with Crippen molar-refractivity contribution in [3.05, 3.63) is 24.3 Å². The van der Waals surface area contributed by atoms with E-state index in [1.54, 1.807) is 0 Å². The molecule has 0 unspecified atom stereocenters. The highest BCUT2D eigenvalue weighted by atomic mass is 16.8. The van der Waals surface area contributed by atoms with Crippen LogP contribution in [0.1, 0.15) is 0 Å². The van der Waals surface area contributed by atoms with Crippen molar-refractivity contribution in [3.8, 4) is 0 Å². The SMILES string of the molecule is C1=CC2C=CC1C21[14CH2]O1. The van der Waals surface area contributed by atoms with Crippen LogP contribution in [0, 0.1) is 11.8 Å². The summed E-state index contributed by atoms with van der Waals surface area (Å²) in [5.74, 6) is 1.23. The van der Waals surface area contributed by atoms with Crippen molar-refractivity contribution < 1.29 is 4.74 Å². The maximum absolute atomic E-state index is 5.42. The predicted octanol–water partition coefficient (Wildman–Crippen LogP) is 1.13. The van der Waals surface area contributed by atoms with Gasteiger partial charge in [-0.2, -0.15) is 0 Å². The van der Waals surface area contributed by atoms with Gasteiger partial charge in [0.1, 0.15) is 5.60 Å². The summed E-state index contributed by atoms with van der Waals surface area (Å²) in [6.07, 6.45) is 9.05. The molecule has 46 valence electrons. The molecule has 1 aliphatic heterocycles. The Morgan fingerprint density at radius 1 is 1.11 bits per heavy atom. The first-order valence-corrected chi connectivity index (χ1v) is 3.42. The summed E-state index contributed by atoms with van der Waals surface area (Å²) in [5, 5.41) is 0. The maximum atomic E-state index is 5.42. The molecular formula is C8H8O. The Kier molecular flexibility index (Phi) is 0.483. The van der Waals surface area contributed by atoms with E-state index < -0.39 is 0 Å². The van der Waals surface area contributed by atoms with E-state index in [4.69, 9.17) is 4.74 Å². The molecule has 0 N–H and O–H groups in total. The van der Waals surface area contributed by atoms with Crippen molar-refractivity contribution in [3.63, 3.8) is 0 Å². The molecule has 0 aromatic carbocycles. The highest BCUT2D eigenvalue weighted by molar-refractivity contribution is 5.36. The van der Waals surface area contributed by atoms with Gasteiger partial charge >= 0.3 is 0 Å². The van der Waals surface area contributed by atoms with E-state index in [9.17, 15) is 0 Å². The lowest BCUT2D eigenvalue weighted by Crippen LogP contribution is -2.18. The fourth-order valence-electron chi connectivity index (χ4n) is 1.95. The molecule has 1 heteroatoms. The molecule has 0 atom stereocenters. The topological polar surface area (TPSA) is 12.5 Å². The van der Waals surface area contributed by atoms with Crippen LogP contribution >= 0.6 is 0 Å². The minimum Gasteiger partial charge on any atom is -0.368 e. The Hall–Kier alpha value is -0.560. The molecule has 3 rings (SSSR count). The van der Waals surface area contributed by atoms with E-state index in [1.807, 2.05) is 0 Å². The third kappa shape index (κ3) is 0.315. The van der Waals surface area contributed by atoms with Crippen LogP contribution in [0.15, 0.2) is 24.3 Å². The van der Waals surface area contributed by atoms with Gasteiger partial charge in [-0.15, -0.1) is 0 Å². The molecule has 1 saturated heterocycles. The van der Waals surface area contributed by atoms with Crippen LogP contribution < -0.4 is 0 Å². The van der Waals surface area contributed by atoms with Gasteiger partial charge in [0.15, 0.2) is 0 Å². The van der Waals surface area contributed by atoms with E-state index in [0.29, 0.717) is 11.8 Å². The number of rotatable bonds is 0. The molecule has 1 heterocycles. The van der Waals surface area contributed by atoms with Crippen LogP contribution in [-0.4, -0.2) is 12.2 Å². The molecule has 2 bridgehead atoms. The van der Waals surface area contributed by atoms with Gasteiger partial charge in [-0.3, -0.25) is 0 Å². The third-order valence-electron chi connectivity index (χ3n) is 2.66. The normalized spacial score (nSPS) is 57.8. The first kappa shape index (κ1) is 4.29. The van der Waals surface area contributed by atoms with Crippen LogP contribution in [-0.2, 0) is 4.74 Å². The molecule has 2 aliphatic carbocycles. The predicted molar refractivity (Wildman–Crippen MR) is 33.9 cm³/mol. The lowest BCUT2D eigenvalue weighted by Gasteiger charge is -2.07. The van der Waals surface area contributed by atoms with E-state index in [-0.39, 0.29) is 5.60 Å². The Bertz CT molecular complexity index is 179. The molecule has 0 radical (unpaired) electrons. The summed E-state index contributed by atoms with van der Waals surface area (Å²) in [5.41, 5.74) is 0.250. The maximum Gasteiger partial charge on any atom is 0.111 e. The van der Waals surface area contributed by atoms with Crippen LogP contribution in [0.3, 0.4) is 0 Å². The van der Waals surface area contributed by atoms with Gasteiger partial charge in [0.25, 0.3) is 0 Å². The highest BCUT2D eigenvalue weighted by Gasteiger charge is 2.59. The largest absolute Gasteiger partial charge is 0.368 e. The summed E-state index contributed by atoms with van der Waals surface area (Å²) in [6.45, 7) is 0.975. The smallest absolute Gasteiger partial charge is 0.111 e. The molecule has 1 spiro atoms. The zero-order chi connectivity index (χ0) is 5.90. The quantitative estimate of drug-likeness (QED) is 0.346. The van der Waals surface area contributed by atoms with E-state index in [2.05, 4.69) is 24.3 Å². The standard InChI is InChI=1S/C8H8O/c1-2-7-4-3-6(1)8(7)5-9-8/h1-4,6-7H,5H2/i5+2. The molecule has 0 amide bonds. The van der Waals surface area contributed by atoms with Gasteiger partial charge in [0.2, 0.25) is 0 Å². The second-order valence-corrected chi connectivity index (χ2v) is 3.06. The summed E-state index contributed by atoms with van der Waals surface area (Å²) in [7, 11) is 0. The molecule has 3 aliphatic rings. The van der Waals surface area contributed by atoms with Crippen molar-refractivity contribution in [2.24, 2.45) is 11.8 Å². The highest BCUT2D eigenvalue weighted by Crippen LogP contribution is 2.53. The summed E-state index contributed by atoms with van der Waals surface area (Å²) in [4.78, 5) is 0. The third-order valence-corrected chi connectivity index (χ3v) is 2.66. The van der Waals surface area contributed by atoms with Gasteiger partial charge in [-0.1, -0.05) is 24.3 Å². The van der Waals surface area contributed by atoms with Gasteiger partial charge in [-0.25, -0.2) is 0 Å². The number of hydrogen-bond donors (Lipinski definition) is 0. The van der Waals surface area contributed by atoms with Crippen LogP contribution in [0.25, 0.3) is 0 Å². The van der Waals surface area contributed by atoms with Gasteiger partial charge in [0.05, 0.1) is 6.61 Å². The first-order valence-electron chi connectivity index (χ1n) is 3.42. The number of epoxide rings is 1. The minimum atomic E-state index is 0.250. The molecule has 1 nitrogen and oxygen atoms in total. The van der Waals surface area contributed by atoms with E-state index in [0.717, 1.165) is 6.61 Å². The monoisotopic (exact) mass is 122 g/mol. The summed E-state index contributed by atoms with van der Waals surface area (Å²) < 4.78 is 5.42. The molecular weight excluding hydrogens is 114 g/mol. The number of hydrogen-bond acceptors (Lipinski definition) is 1. The summed E-state index contributed by atoms with van der Waals surface area (Å²) >= 11 is 0. The fourth-order valence-corrected chi connectivity index (χ4v) is 1.95. The minimum absolute atomic E-state index is 0.250. The molecule has 0 aromatic rings. The van der Waals surface area contributed by atoms with Crippen molar-refractivity contribution in [1.29, 1.82) is 0 Å². The molecule has 9 heavy (non-hydrogen) atoms. The molecule has 0 saturated carbocycles. The van der Waals surface area contributed by atoms with E-state index in [1.165, 1.54) is 0 Å². The van der Waals surface area contributed by atoms with Crippen LogP contribution in [0.5, 0.6) is 0 Å². The van der Waals surface area contributed by atoms with Crippen molar-refractivity contribution in [2.45, 2.75) is 5.60 Å². The van der Waals surface area contributed by atoms with Crippen LogP contribution in [0.4, 0.5) is 0 Å². The average molecular weight is 122 g/mol. The Balaban J connectivity index is 2.15. The lowest BCUT2D eigenvalue weighted by molar-refractivity contribution is 0.267. The zero-order valence-electron chi connectivity index (χ0n) is 5.08. The zero-order valence-corrected chi connectivity index (χ0v) is 5.08. The second-order valence-electron chi connectivity index (χ2n) is 3.06. The van der Waals surface area contributed by atoms with Gasteiger partial charge in [0, 0.05) is 11.8 Å². The first-order chi connectivity index (χ1) is 4.42. The Morgan fingerprint density at radius 2 is 1.56 bits per heavy atom. The number of ether oxygens (including phenoxy) is 1. The Labute approximate surface area is 54.0 Å². The van der Waals surface area contributed by atoms with Gasteiger partial charge < -0.3 is 4.74 Å². The molecule has 1 fully saturated rings. The van der Waals surface area contributed by atoms with Crippen molar-refractivity contribution in [2.75, 3.05) is 6.61 Å². The van der Waals surface area contributed by atoms with Crippen molar-refractivity contribution in [1.82, 2.24) is 0 Å². The molecule has 0 aromatic heterocycles. The lowest BCUT2D eigenvalue weighted by atomic mass is 10.0. The average Bonchev–Trinajstić information content (AvgIpc) is 2.53. The van der Waals surface area contributed by atoms with Crippen molar-refractivity contribution >= 4 is 0 Å². The Morgan fingerprint density at radius 3 is 1.78 bits per heavy atom. The van der Waals surface area contributed by atoms with Crippen LogP contribution in [0.2, 0.25) is 0 Å². The fraction of sp³-hybridized carbons (Fsp3) is 0.500. The van der Waals surface area contributed by atoms with Gasteiger partial charge in [-0.05, 0) is 0 Å². The second kappa shape index (κ2) is 1.01.